The van der Waals surface area contributed by atoms with Gasteiger partial charge in [-0.1, -0.05) is 6.07 Å². The second kappa shape index (κ2) is 6.26. The number of carbonyl (C=O) groups excluding carboxylic acids is 2. The summed E-state index contributed by atoms with van der Waals surface area (Å²) < 4.78 is 0. The highest BCUT2D eigenvalue weighted by atomic mass is 16.2. The van der Waals surface area contributed by atoms with E-state index in [1.54, 1.807) is 48.8 Å². The van der Waals surface area contributed by atoms with Gasteiger partial charge in [0, 0.05) is 35.4 Å². The topological polar surface area (TPSA) is 83.1 Å². The number of carbonyl (C=O) groups is 2. The van der Waals surface area contributed by atoms with Crippen LogP contribution in [-0.4, -0.2) is 23.0 Å². The summed E-state index contributed by atoms with van der Waals surface area (Å²) in [6, 6.07) is 10.3. The molecule has 0 aliphatic heterocycles. The third-order valence-electron chi connectivity index (χ3n) is 3.23. The largest absolute Gasteiger partial charge is 0.335 e. The molecule has 1 saturated carbocycles. The van der Waals surface area contributed by atoms with Crippen LogP contribution in [0.3, 0.4) is 0 Å². The van der Waals surface area contributed by atoms with Gasteiger partial charge in [-0.3, -0.25) is 9.78 Å². The second-order valence-corrected chi connectivity index (χ2v) is 5.14. The van der Waals surface area contributed by atoms with Crippen molar-refractivity contribution in [2.24, 2.45) is 0 Å². The van der Waals surface area contributed by atoms with Gasteiger partial charge in [-0.05, 0) is 43.2 Å². The third-order valence-corrected chi connectivity index (χ3v) is 3.23. The van der Waals surface area contributed by atoms with Gasteiger partial charge in [0.05, 0.1) is 0 Å². The molecule has 1 aliphatic carbocycles. The maximum atomic E-state index is 12.2. The van der Waals surface area contributed by atoms with Crippen molar-refractivity contribution < 1.29 is 9.59 Å². The van der Waals surface area contributed by atoms with Gasteiger partial charge in [0.25, 0.3) is 5.91 Å². The fourth-order valence-electron chi connectivity index (χ4n) is 1.96. The Labute approximate surface area is 127 Å². The van der Waals surface area contributed by atoms with Crippen molar-refractivity contribution in [3.8, 4) is 0 Å². The van der Waals surface area contributed by atoms with E-state index in [2.05, 4.69) is 20.9 Å². The maximum Gasteiger partial charge on any atom is 0.319 e. The third kappa shape index (κ3) is 3.82. The van der Waals surface area contributed by atoms with Gasteiger partial charge in [-0.2, -0.15) is 0 Å². The fourth-order valence-corrected chi connectivity index (χ4v) is 1.96. The molecular formula is C16H16N4O2. The van der Waals surface area contributed by atoms with Gasteiger partial charge in [0.15, 0.2) is 0 Å². The van der Waals surface area contributed by atoms with Crippen molar-refractivity contribution in [1.82, 2.24) is 10.3 Å². The molecule has 112 valence electrons. The van der Waals surface area contributed by atoms with E-state index in [-0.39, 0.29) is 18.0 Å². The van der Waals surface area contributed by atoms with Gasteiger partial charge < -0.3 is 16.0 Å². The minimum absolute atomic E-state index is 0.238. The summed E-state index contributed by atoms with van der Waals surface area (Å²) in [5, 5.41) is 8.34. The lowest BCUT2D eigenvalue weighted by atomic mass is 10.2. The molecule has 1 aliphatic rings. The number of nitrogens with zero attached hydrogens (tertiary/aromatic N) is 1. The fraction of sp³-hybridized carbons (Fsp3) is 0.188. The van der Waals surface area contributed by atoms with Crippen LogP contribution in [0, 0.1) is 0 Å². The summed E-state index contributed by atoms with van der Waals surface area (Å²) in [4.78, 5) is 27.8. The summed E-state index contributed by atoms with van der Waals surface area (Å²) in [5.41, 5.74) is 1.73. The molecular weight excluding hydrogens is 280 g/mol. The number of anilines is 2. The van der Waals surface area contributed by atoms with Gasteiger partial charge in [-0.15, -0.1) is 0 Å². The molecule has 1 fully saturated rings. The predicted octanol–water partition coefficient (Wildman–Crippen LogP) is 2.62. The van der Waals surface area contributed by atoms with E-state index < -0.39 is 0 Å². The molecule has 1 aromatic carbocycles. The van der Waals surface area contributed by atoms with E-state index in [0.29, 0.717) is 16.9 Å². The van der Waals surface area contributed by atoms with Gasteiger partial charge in [0.1, 0.15) is 0 Å². The van der Waals surface area contributed by atoms with Gasteiger partial charge >= 0.3 is 6.03 Å². The van der Waals surface area contributed by atoms with Crippen molar-refractivity contribution in [3.05, 3.63) is 54.4 Å². The lowest BCUT2D eigenvalue weighted by Gasteiger charge is -2.09. The van der Waals surface area contributed by atoms with Crippen LogP contribution in [0.15, 0.2) is 48.8 Å². The monoisotopic (exact) mass is 296 g/mol. The molecule has 3 rings (SSSR count). The Balaban J connectivity index is 1.64. The Morgan fingerprint density at radius 2 is 1.77 bits per heavy atom. The van der Waals surface area contributed by atoms with Gasteiger partial charge in [-0.25, -0.2) is 4.79 Å². The molecule has 3 amide bonds. The van der Waals surface area contributed by atoms with E-state index in [4.69, 9.17) is 0 Å². The van der Waals surface area contributed by atoms with Crippen LogP contribution >= 0.6 is 0 Å². The first-order valence-electron chi connectivity index (χ1n) is 7.10. The van der Waals surface area contributed by atoms with E-state index in [9.17, 15) is 9.59 Å². The summed E-state index contributed by atoms with van der Waals surface area (Å²) in [6.45, 7) is 0. The standard InChI is InChI=1S/C16H16N4O2/c21-15(18-13-6-8-17-9-7-13)11-2-1-3-14(10-11)20-16(22)19-12-4-5-12/h1-3,6-10,12H,4-5H2,(H,17,18,21)(H2,19,20,22). The SMILES string of the molecule is O=C(Nc1cccc(C(=O)Nc2ccncc2)c1)NC1CC1. The lowest BCUT2D eigenvalue weighted by Crippen LogP contribution is -2.30. The van der Waals surface area contributed by atoms with Crippen molar-refractivity contribution in [2.45, 2.75) is 18.9 Å². The number of pyridine rings is 1. The van der Waals surface area contributed by atoms with E-state index in [0.717, 1.165) is 12.8 Å². The average Bonchev–Trinajstić information content (AvgIpc) is 3.32. The number of hydrogen-bond acceptors (Lipinski definition) is 3. The van der Waals surface area contributed by atoms with E-state index in [1.165, 1.54) is 0 Å². The number of hydrogen-bond donors (Lipinski definition) is 3. The van der Waals surface area contributed by atoms with Crippen LogP contribution in [0.1, 0.15) is 23.2 Å². The Morgan fingerprint density at radius 1 is 1.00 bits per heavy atom. The average molecular weight is 296 g/mol. The molecule has 6 nitrogen and oxygen atoms in total. The molecule has 0 unspecified atom stereocenters. The van der Waals surface area contributed by atoms with Crippen LogP contribution in [0.2, 0.25) is 0 Å². The molecule has 0 saturated heterocycles. The van der Waals surface area contributed by atoms with Crippen LogP contribution in [0.25, 0.3) is 0 Å². The van der Waals surface area contributed by atoms with Crippen molar-refractivity contribution in [1.29, 1.82) is 0 Å². The van der Waals surface area contributed by atoms with Crippen LogP contribution in [0.4, 0.5) is 16.2 Å². The Hall–Kier alpha value is -2.89. The number of aromatic nitrogens is 1. The molecule has 22 heavy (non-hydrogen) atoms. The molecule has 6 heteroatoms. The van der Waals surface area contributed by atoms with Crippen LogP contribution in [0.5, 0.6) is 0 Å². The maximum absolute atomic E-state index is 12.2. The van der Waals surface area contributed by atoms with Crippen molar-refractivity contribution in [2.75, 3.05) is 10.6 Å². The highest BCUT2D eigenvalue weighted by Gasteiger charge is 2.23. The van der Waals surface area contributed by atoms with Gasteiger partial charge in [0.2, 0.25) is 0 Å². The normalized spacial score (nSPS) is 13.3. The number of urea groups is 1. The van der Waals surface area contributed by atoms with E-state index in [1.807, 2.05) is 0 Å². The number of amides is 3. The number of benzene rings is 1. The highest BCUT2D eigenvalue weighted by molar-refractivity contribution is 6.05. The molecule has 0 bridgehead atoms. The molecule has 0 spiro atoms. The van der Waals surface area contributed by atoms with Crippen LogP contribution in [-0.2, 0) is 0 Å². The molecule has 0 radical (unpaired) electrons. The zero-order chi connectivity index (χ0) is 15.4. The van der Waals surface area contributed by atoms with Crippen molar-refractivity contribution >= 4 is 23.3 Å². The van der Waals surface area contributed by atoms with E-state index >= 15 is 0 Å². The molecule has 1 aromatic heterocycles. The molecule has 2 aromatic rings. The lowest BCUT2D eigenvalue weighted by molar-refractivity contribution is 0.102. The van der Waals surface area contributed by atoms with Crippen molar-refractivity contribution in [3.63, 3.8) is 0 Å². The highest BCUT2D eigenvalue weighted by Crippen LogP contribution is 2.19. The first-order chi connectivity index (χ1) is 10.7. The summed E-state index contributed by atoms with van der Waals surface area (Å²) in [5.74, 6) is -0.238. The molecule has 1 heterocycles. The first-order valence-corrected chi connectivity index (χ1v) is 7.10. The Bertz CT molecular complexity index is 684. The zero-order valence-corrected chi connectivity index (χ0v) is 11.9. The summed E-state index contributed by atoms with van der Waals surface area (Å²) >= 11 is 0. The minimum Gasteiger partial charge on any atom is -0.335 e. The number of nitrogens with one attached hydrogen (secondary N) is 3. The van der Waals surface area contributed by atoms with Crippen LogP contribution < -0.4 is 16.0 Å². The number of rotatable bonds is 4. The molecule has 0 atom stereocenters. The molecule has 3 N–H and O–H groups in total. The zero-order valence-electron chi connectivity index (χ0n) is 11.9. The first kappa shape index (κ1) is 14.1. The summed E-state index contributed by atoms with van der Waals surface area (Å²) in [7, 11) is 0. The predicted molar refractivity (Wildman–Crippen MR) is 83.8 cm³/mol. The quantitative estimate of drug-likeness (QED) is 0.811. The Morgan fingerprint density at radius 3 is 2.50 bits per heavy atom. The second-order valence-electron chi connectivity index (χ2n) is 5.14. The Kier molecular flexibility index (Phi) is 4.00. The smallest absolute Gasteiger partial charge is 0.319 e. The minimum atomic E-state index is -0.241. The summed E-state index contributed by atoms with van der Waals surface area (Å²) in [6.07, 6.45) is 5.27.